The Labute approximate surface area is 155 Å². The first-order chi connectivity index (χ1) is 12.2. The lowest BCUT2D eigenvalue weighted by Crippen LogP contribution is -2.64. The monoisotopic (exact) mass is 358 g/mol. The number of benzene rings is 1. The molecule has 1 spiro atoms. The van der Waals surface area contributed by atoms with Crippen molar-refractivity contribution in [2.75, 3.05) is 0 Å². The molecular weight excluding hydrogens is 328 g/mol. The second kappa shape index (κ2) is 5.40. The molecule has 2 saturated carbocycles. The van der Waals surface area contributed by atoms with Crippen LogP contribution in [0.15, 0.2) is 6.07 Å². The molecule has 142 valence electrons. The summed E-state index contributed by atoms with van der Waals surface area (Å²) in [6.45, 7) is 9.40. The maximum absolute atomic E-state index is 11.6. The topological polar surface area (TPSA) is 66.8 Å². The van der Waals surface area contributed by atoms with Crippen molar-refractivity contribution in [2.24, 2.45) is 22.7 Å². The Balaban J connectivity index is 1.86. The Hall–Kier alpha value is -1.71. The lowest BCUT2D eigenvalue weighted by Gasteiger charge is -2.63. The Kier molecular flexibility index (Phi) is 3.67. The molecule has 1 heterocycles. The van der Waals surface area contributed by atoms with Gasteiger partial charge in [-0.25, -0.2) is 0 Å². The number of hydrogen-bond donors (Lipinski definition) is 2. The second-order valence-electron chi connectivity index (χ2n) is 9.72. The Bertz CT molecular complexity index is 768. The number of aromatic hydroxyl groups is 2. The van der Waals surface area contributed by atoms with Crippen molar-refractivity contribution in [1.82, 2.24) is 0 Å². The van der Waals surface area contributed by atoms with E-state index in [2.05, 4.69) is 27.7 Å². The van der Waals surface area contributed by atoms with E-state index in [-0.39, 0.29) is 33.5 Å². The molecule has 4 rings (SSSR count). The molecule has 1 aliphatic heterocycles. The number of fused-ring (bicyclic) bond motifs is 3. The van der Waals surface area contributed by atoms with Crippen molar-refractivity contribution in [1.29, 1.82) is 0 Å². The molecule has 0 amide bonds. The molecule has 0 unspecified atom stereocenters. The highest BCUT2D eigenvalue weighted by molar-refractivity contribution is 5.86. The maximum Gasteiger partial charge on any atom is 0.171 e. The molecule has 3 aliphatic rings. The third kappa shape index (κ3) is 2.04. The van der Waals surface area contributed by atoms with E-state index in [1.54, 1.807) is 6.07 Å². The SMILES string of the molecule is C[C@H]1CC[C@@H]2C(C)(C)CCC[C@@]2(C)[C@]12Cc1cc(O)c(O)c(C=O)c1O2. The van der Waals surface area contributed by atoms with Crippen molar-refractivity contribution in [3.05, 3.63) is 17.2 Å². The van der Waals surface area contributed by atoms with E-state index in [9.17, 15) is 15.0 Å². The number of carbonyl (C=O) groups excluding carboxylic acids is 1. The van der Waals surface area contributed by atoms with Crippen molar-refractivity contribution < 1.29 is 19.7 Å². The van der Waals surface area contributed by atoms with Gasteiger partial charge < -0.3 is 14.9 Å². The molecule has 0 aromatic heterocycles. The number of aldehydes is 1. The minimum Gasteiger partial charge on any atom is -0.504 e. The van der Waals surface area contributed by atoms with Crippen LogP contribution in [-0.2, 0) is 6.42 Å². The van der Waals surface area contributed by atoms with Crippen molar-refractivity contribution in [2.45, 2.75) is 71.8 Å². The number of hydrogen-bond acceptors (Lipinski definition) is 4. The van der Waals surface area contributed by atoms with Crippen LogP contribution in [0.5, 0.6) is 17.2 Å². The average molecular weight is 358 g/mol. The van der Waals surface area contributed by atoms with Gasteiger partial charge in [0.05, 0.1) is 0 Å². The third-order valence-corrected chi connectivity index (χ3v) is 8.08. The summed E-state index contributed by atoms with van der Waals surface area (Å²) in [5, 5.41) is 20.2. The Morgan fingerprint density at radius 3 is 2.62 bits per heavy atom. The summed E-state index contributed by atoms with van der Waals surface area (Å²) >= 11 is 0. The van der Waals surface area contributed by atoms with Crippen LogP contribution >= 0.6 is 0 Å². The average Bonchev–Trinajstić information content (AvgIpc) is 2.94. The lowest BCUT2D eigenvalue weighted by atomic mass is 9.44. The first-order valence-electron chi connectivity index (χ1n) is 9.88. The fraction of sp³-hybridized carbons (Fsp3) is 0.682. The summed E-state index contributed by atoms with van der Waals surface area (Å²) < 4.78 is 6.67. The largest absolute Gasteiger partial charge is 0.504 e. The van der Waals surface area contributed by atoms with E-state index >= 15 is 0 Å². The molecule has 0 saturated heterocycles. The van der Waals surface area contributed by atoms with Crippen molar-refractivity contribution in [3.63, 3.8) is 0 Å². The highest BCUT2D eigenvalue weighted by atomic mass is 16.5. The number of carbonyl (C=O) groups is 1. The van der Waals surface area contributed by atoms with Crippen LogP contribution < -0.4 is 4.74 Å². The molecule has 1 aromatic carbocycles. The molecule has 4 heteroatoms. The zero-order valence-electron chi connectivity index (χ0n) is 16.3. The normalized spacial score (nSPS) is 37.7. The Morgan fingerprint density at radius 1 is 1.19 bits per heavy atom. The van der Waals surface area contributed by atoms with E-state index in [1.807, 2.05) is 0 Å². The van der Waals surface area contributed by atoms with Gasteiger partial charge >= 0.3 is 0 Å². The van der Waals surface area contributed by atoms with Crippen LogP contribution in [0.25, 0.3) is 0 Å². The van der Waals surface area contributed by atoms with E-state index < -0.39 is 0 Å². The standard InChI is InChI=1S/C22H30O4/c1-13-6-7-17-20(2,3)8-5-9-21(17,4)22(13)11-14-10-16(24)18(25)15(12-23)19(14)26-22/h10,12-13,17,24-25H,5-9,11H2,1-4H3/t13-,17+,21+,22-/m0/s1. The Morgan fingerprint density at radius 2 is 1.92 bits per heavy atom. The molecular formula is C22H30O4. The van der Waals surface area contributed by atoms with E-state index in [0.717, 1.165) is 18.4 Å². The van der Waals surface area contributed by atoms with E-state index in [1.165, 1.54) is 19.3 Å². The highest BCUT2D eigenvalue weighted by Crippen LogP contribution is 2.66. The molecule has 26 heavy (non-hydrogen) atoms. The zero-order valence-corrected chi connectivity index (χ0v) is 16.3. The van der Waals surface area contributed by atoms with Crippen LogP contribution in [0.4, 0.5) is 0 Å². The molecule has 1 aromatic rings. The van der Waals surface area contributed by atoms with Crippen LogP contribution in [-0.4, -0.2) is 22.1 Å². The zero-order chi connectivity index (χ0) is 18.9. The molecule has 2 fully saturated rings. The van der Waals surface area contributed by atoms with Gasteiger partial charge in [-0.2, -0.15) is 0 Å². The quantitative estimate of drug-likeness (QED) is 0.556. The summed E-state index contributed by atoms with van der Waals surface area (Å²) in [7, 11) is 0. The smallest absolute Gasteiger partial charge is 0.171 e. The summed E-state index contributed by atoms with van der Waals surface area (Å²) in [6.07, 6.45) is 7.16. The molecule has 0 radical (unpaired) electrons. The molecule has 4 nitrogen and oxygen atoms in total. The van der Waals surface area contributed by atoms with E-state index in [4.69, 9.17) is 4.74 Å². The summed E-state index contributed by atoms with van der Waals surface area (Å²) in [6, 6.07) is 1.58. The van der Waals surface area contributed by atoms with E-state index in [0.29, 0.717) is 30.3 Å². The first-order valence-corrected chi connectivity index (χ1v) is 9.88. The predicted octanol–water partition coefficient (Wildman–Crippen LogP) is 4.85. The highest BCUT2D eigenvalue weighted by Gasteiger charge is 2.65. The van der Waals surface area contributed by atoms with Crippen molar-refractivity contribution in [3.8, 4) is 17.2 Å². The first kappa shape index (κ1) is 17.7. The van der Waals surface area contributed by atoms with Gasteiger partial charge in [0.1, 0.15) is 16.9 Å². The fourth-order valence-electron chi connectivity index (χ4n) is 6.72. The van der Waals surface area contributed by atoms with Crippen LogP contribution in [0, 0.1) is 22.7 Å². The van der Waals surface area contributed by atoms with Gasteiger partial charge in [0.25, 0.3) is 0 Å². The summed E-state index contributed by atoms with van der Waals surface area (Å²) in [4.78, 5) is 11.6. The number of rotatable bonds is 1. The van der Waals surface area contributed by atoms with Gasteiger partial charge in [0, 0.05) is 17.4 Å². The molecule has 4 atom stereocenters. The minimum atomic E-state index is -0.381. The third-order valence-electron chi connectivity index (χ3n) is 8.08. The fourth-order valence-corrected chi connectivity index (χ4v) is 6.72. The molecule has 2 aliphatic carbocycles. The van der Waals surface area contributed by atoms with Gasteiger partial charge in [-0.1, -0.05) is 34.1 Å². The van der Waals surface area contributed by atoms with Gasteiger partial charge in [0.15, 0.2) is 17.8 Å². The van der Waals surface area contributed by atoms with Crippen LogP contribution in [0.3, 0.4) is 0 Å². The number of ether oxygens (including phenoxy) is 1. The summed E-state index contributed by atoms with van der Waals surface area (Å²) in [5.41, 5.74) is 0.838. The second-order valence-corrected chi connectivity index (χ2v) is 9.72. The van der Waals surface area contributed by atoms with Crippen molar-refractivity contribution >= 4 is 6.29 Å². The predicted molar refractivity (Wildman–Crippen MR) is 99.8 cm³/mol. The number of phenols is 2. The van der Waals surface area contributed by atoms with Crippen LogP contribution in [0.2, 0.25) is 0 Å². The van der Waals surface area contributed by atoms with Gasteiger partial charge in [0.2, 0.25) is 0 Å². The summed E-state index contributed by atoms with van der Waals surface area (Å²) in [5.74, 6) is 0.794. The maximum atomic E-state index is 11.6. The minimum absolute atomic E-state index is 0.0107. The van der Waals surface area contributed by atoms with Gasteiger partial charge in [-0.05, 0) is 49.0 Å². The lowest BCUT2D eigenvalue weighted by molar-refractivity contribution is -0.184. The molecule has 2 N–H and O–H groups in total. The number of phenolic OH excluding ortho intramolecular Hbond substituents is 2. The molecule has 0 bridgehead atoms. The van der Waals surface area contributed by atoms with Gasteiger partial charge in [-0.15, -0.1) is 0 Å². The van der Waals surface area contributed by atoms with Crippen LogP contribution in [0.1, 0.15) is 75.7 Å². The van der Waals surface area contributed by atoms with Gasteiger partial charge in [-0.3, -0.25) is 4.79 Å².